The molecule has 0 fully saturated rings. The summed E-state index contributed by atoms with van der Waals surface area (Å²) in [6.07, 6.45) is 1.65. The molecule has 0 heterocycles. The van der Waals surface area contributed by atoms with Crippen LogP contribution in [0, 0.1) is 32.1 Å². The second kappa shape index (κ2) is 6.60. The number of hydrazone groups is 1. The second-order valence-corrected chi connectivity index (χ2v) is 4.71. The van der Waals surface area contributed by atoms with E-state index in [0.717, 1.165) is 6.07 Å². The van der Waals surface area contributed by atoms with Gasteiger partial charge in [-0.3, -0.25) is 25.7 Å². The van der Waals surface area contributed by atoms with E-state index >= 15 is 0 Å². The molecule has 0 amide bonds. The minimum atomic E-state index is -0.684. The Kier molecular flexibility index (Phi) is 5.13. The van der Waals surface area contributed by atoms with Crippen LogP contribution in [0.3, 0.4) is 0 Å². The monoisotopic (exact) mass is 280 g/mol. The van der Waals surface area contributed by atoms with Gasteiger partial charge < -0.3 is 0 Å². The third kappa shape index (κ3) is 4.01. The number of benzene rings is 1. The summed E-state index contributed by atoms with van der Waals surface area (Å²) in [6, 6.07) is 3.37. The van der Waals surface area contributed by atoms with Crippen molar-refractivity contribution in [3.05, 3.63) is 38.4 Å². The van der Waals surface area contributed by atoms with Crippen molar-refractivity contribution in [1.82, 2.24) is 0 Å². The van der Waals surface area contributed by atoms with Gasteiger partial charge in [0, 0.05) is 12.3 Å². The molecular formula is C12H16N4O4. The molecule has 0 saturated heterocycles. The van der Waals surface area contributed by atoms with Crippen molar-refractivity contribution < 1.29 is 9.85 Å². The first-order valence-electron chi connectivity index (χ1n) is 6.05. The lowest BCUT2D eigenvalue weighted by Crippen LogP contribution is -2.06. The Balaban J connectivity index is 2.95. The van der Waals surface area contributed by atoms with Gasteiger partial charge in [0.2, 0.25) is 0 Å². The van der Waals surface area contributed by atoms with Crippen molar-refractivity contribution in [3.63, 3.8) is 0 Å². The summed E-state index contributed by atoms with van der Waals surface area (Å²) in [5, 5.41) is 25.4. The van der Waals surface area contributed by atoms with E-state index in [0.29, 0.717) is 5.92 Å². The fraction of sp³-hybridized carbons (Fsp3) is 0.417. The van der Waals surface area contributed by atoms with Gasteiger partial charge in [-0.05, 0) is 17.9 Å². The van der Waals surface area contributed by atoms with E-state index in [1.807, 2.05) is 20.8 Å². The summed E-state index contributed by atoms with van der Waals surface area (Å²) >= 11 is 0. The predicted octanol–water partition coefficient (Wildman–Crippen LogP) is 3.19. The Bertz CT molecular complexity index is 542. The van der Waals surface area contributed by atoms with Gasteiger partial charge >= 0.3 is 5.69 Å². The Hall–Kier alpha value is -2.51. The van der Waals surface area contributed by atoms with Crippen molar-refractivity contribution in [3.8, 4) is 0 Å². The molecule has 1 aromatic carbocycles. The normalized spacial score (nSPS) is 12.6. The minimum absolute atomic E-state index is 0.118. The number of nitro benzene ring substituents is 2. The van der Waals surface area contributed by atoms with Crippen LogP contribution >= 0.6 is 0 Å². The van der Waals surface area contributed by atoms with E-state index < -0.39 is 9.85 Å². The molecule has 0 aliphatic carbocycles. The van der Waals surface area contributed by atoms with Gasteiger partial charge in [0.25, 0.3) is 5.69 Å². The van der Waals surface area contributed by atoms with Gasteiger partial charge in [0.05, 0.1) is 15.9 Å². The summed E-state index contributed by atoms with van der Waals surface area (Å²) in [6.45, 7) is 6.04. The molecule has 20 heavy (non-hydrogen) atoms. The molecule has 0 aliphatic heterocycles. The summed E-state index contributed by atoms with van der Waals surface area (Å²) in [5.74, 6) is 0.604. The van der Waals surface area contributed by atoms with Gasteiger partial charge in [-0.15, -0.1) is 0 Å². The molecule has 1 rings (SSSR count). The summed E-state index contributed by atoms with van der Waals surface area (Å²) in [7, 11) is 0. The Labute approximate surface area is 115 Å². The Morgan fingerprint density at radius 1 is 1.20 bits per heavy atom. The second-order valence-electron chi connectivity index (χ2n) is 4.71. The molecule has 0 aromatic heterocycles. The fourth-order valence-corrected chi connectivity index (χ4v) is 1.28. The number of nitro groups is 2. The molecule has 8 nitrogen and oxygen atoms in total. The molecule has 0 aliphatic rings. The summed E-state index contributed by atoms with van der Waals surface area (Å²) < 4.78 is 0. The SMILES string of the molecule is CC(C)[C@H](C)/C=N/Nc1ccc([N+](=O)[O-])cc1[N+](=O)[O-]. The topological polar surface area (TPSA) is 111 Å². The maximum Gasteiger partial charge on any atom is 0.301 e. The average molecular weight is 280 g/mol. The highest BCUT2D eigenvalue weighted by Crippen LogP contribution is 2.28. The molecule has 0 unspecified atom stereocenters. The zero-order valence-electron chi connectivity index (χ0n) is 11.4. The predicted molar refractivity (Wildman–Crippen MR) is 75.9 cm³/mol. The van der Waals surface area contributed by atoms with Crippen LogP contribution in [-0.4, -0.2) is 16.1 Å². The molecular weight excluding hydrogens is 264 g/mol. The standard InChI is InChI=1S/C12H16N4O4/c1-8(2)9(3)7-13-14-11-5-4-10(15(17)18)6-12(11)16(19)20/h4-9,14H,1-3H3/b13-7+/t9-/m1/s1. The average Bonchev–Trinajstić information content (AvgIpc) is 2.38. The van der Waals surface area contributed by atoms with Gasteiger partial charge in [0.15, 0.2) is 0 Å². The first-order chi connectivity index (χ1) is 9.32. The Morgan fingerprint density at radius 2 is 1.85 bits per heavy atom. The highest BCUT2D eigenvalue weighted by Gasteiger charge is 2.19. The van der Waals surface area contributed by atoms with Crippen LogP contribution in [0.4, 0.5) is 17.1 Å². The van der Waals surface area contributed by atoms with E-state index in [-0.39, 0.29) is 23.0 Å². The lowest BCUT2D eigenvalue weighted by Gasteiger charge is -2.09. The number of nitrogens with zero attached hydrogens (tertiary/aromatic N) is 3. The Morgan fingerprint density at radius 3 is 2.35 bits per heavy atom. The van der Waals surface area contributed by atoms with E-state index in [1.54, 1.807) is 6.21 Å². The third-order valence-corrected chi connectivity index (χ3v) is 2.94. The van der Waals surface area contributed by atoms with Crippen molar-refractivity contribution in [2.75, 3.05) is 5.43 Å². The van der Waals surface area contributed by atoms with Crippen molar-refractivity contribution >= 4 is 23.3 Å². The highest BCUT2D eigenvalue weighted by molar-refractivity contribution is 5.68. The highest BCUT2D eigenvalue weighted by atomic mass is 16.6. The molecule has 8 heteroatoms. The van der Waals surface area contributed by atoms with Crippen LogP contribution in [0.5, 0.6) is 0 Å². The molecule has 0 spiro atoms. The largest absolute Gasteiger partial charge is 0.301 e. The fourth-order valence-electron chi connectivity index (χ4n) is 1.28. The molecule has 1 N–H and O–H groups in total. The maximum atomic E-state index is 10.9. The summed E-state index contributed by atoms with van der Waals surface area (Å²) in [4.78, 5) is 20.1. The lowest BCUT2D eigenvalue weighted by molar-refractivity contribution is -0.393. The number of hydrogen-bond donors (Lipinski definition) is 1. The van der Waals surface area contributed by atoms with Crippen LogP contribution in [-0.2, 0) is 0 Å². The van der Waals surface area contributed by atoms with Crippen molar-refractivity contribution in [2.24, 2.45) is 16.9 Å². The first-order valence-corrected chi connectivity index (χ1v) is 6.05. The number of non-ortho nitro benzene ring substituents is 1. The van der Waals surface area contributed by atoms with Gasteiger partial charge in [-0.25, -0.2) is 0 Å². The van der Waals surface area contributed by atoms with Crippen LogP contribution in [0.2, 0.25) is 0 Å². The number of nitrogens with one attached hydrogen (secondary N) is 1. The van der Waals surface area contributed by atoms with Crippen LogP contribution in [0.15, 0.2) is 23.3 Å². The molecule has 0 bridgehead atoms. The van der Waals surface area contributed by atoms with Crippen molar-refractivity contribution in [1.29, 1.82) is 0 Å². The lowest BCUT2D eigenvalue weighted by atomic mass is 10.00. The molecule has 0 saturated carbocycles. The minimum Gasteiger partial charge on any atom is -0.272 e. The quantitative estimate of drug-likeness (QED) is 0.488. The number of hydrogen-bond acceptors (Lipinski definition) is 6. The van der Waals surface area contributed by atoms with Gasteiger partial charge in [-0.2, -0.15) is 5.10 Å². The maximum absolute atomic E-state index is 10.9. The van der Waals surface area contributed by atoms with Gasteiger partial charge in [-0.1, -0.05) is 20.8 Å². The molecule has 108 valence electrons. The third-order valence-electron chi connectivity index (χ3n) is 2.94. The zero-order valence-corrected chi connectivity index (χ0v) is 11.4. The van der Waals surface area contributed by atoms with Crippen LogP contribution in [0.25, 0.3) is 0 Å². The molecule has 0 radical (unpaired) electrons. The van der Waals surface area contributed by atoms with Crippen LogP contribution in [0.1, 0.15) is 20.8 Å². The summed E-state index contributed by atoms with van der Waals surface area (Å²) in [5.41, 5.74) is 1.96. The van der Waals surface area contributed by atoms with Gasteiger partial charge in [0.1, 0.15) is 5.69 Å². The number of rotatable bonds is 6. The molecule has 1 aromatic rings. The smallest absolute Gasteiger partial charge is 0.272 e. The van der Waals surface area contributed by atoms with E-state index in [4.69, 9.17) is 0 Å². The van der Waals surface area contributed by atoms with E-state index in [1.165, 1.54) is 12.1 Å². The van der Waals surface area contributed by atoms with Crippen molar-refractivity contribution in [2.45, 2.75) is 20.8 Å². The van der Waals surface area contributed by atoms with E-state index in [2.05, 4.69) is 10.5 Å². The number of anilines is 1. The molecule has 1 atom stereocenters. The van der Waals surface area contributed by atoms with Crippen LogP contribution < -0.4 is 5.43 Å². The van der Waals surface area contributed by atoms with E-state index in [9.17, 15) is 20.2 Å². The first kappa shape index (κ1) is 15.5. The zero-order chi connectivity index (χ0) is 15.3.